The summed E-state index contributed by atoms with van der Waals surface area (Å²) in [6, 6.07) is 1.93. The van der Waals surface area contributed by atoms with Crippen LogP contribution in [0.3, 0.4) is 0 Å². The monoisotopic (exact) mass is 417 g/mol. The molecule has 0 bridgehead atoms. The molecular weight excluding hydrogens is 395 g/mol. The molecule has 1 aliphatic rings. The number of carboxylic acids is 1. The zero-order chi connectivity index (χ0) is 21.9. The Labute approximate surface area is 164 Å². The van der Waals surface area contributed by atoms with Crippen molar-refractivity contribution in [2.45, 2.75) is 32.1 Å². The van der Waals surface area contributed by atoms with Crippen LogP contribution in [0.5, 0.6) is 0 Å². The summed E-state index contributed by atoms with van der Waals surface area (Å²) < 4.78 is 38.8. The van der Waals surface area contributed by atoms with Crippen LogP contribution in [0, 0.1) is 6.92 Å². The fourth-order valence-electron chi connectivity index (χ4n) is 3.03. The number of imidazole rings is 1. The molecule has 1 unspecified atom stereocenters. The van der Waals surface area contributed by atoms with E-state index in [0.717, 1.165) is 29.4 Å². The highest BCUT2D eigenvalue weighted by Crippen LogP contribution is 2.29. The molecule has 29 heavy (non-hydrogen) atoms. The number of hydrogen-bond donors (Lipinski definition) is 1. The SMILES string of the molecule is Cc1cc(CN2Cc3ncn(C)c3C(C(=O)N(C)C)C2)no1.O=C(O)C(F)(F)F. The van der Waals surface area contributed by atoms with Crippen molar-refractivity contribution in [3.8, 4) is 0 Å². The Bertz CT molecular complexity index is 875. The van der Waals surface area contributed by atoms with Crippen molar-refractivity contribution in [3.63, 3.8) is 0 Å². The molecule has 0 aliphatic carbocycles. The van der Waals surface area contributed by atoms with E-state index in [9.17, 15) is 18.0 Å². The quantitative estimate of drug-likeness (QED) is 0.808. The molecule has 1 atom stereocenters. The Hall–Kier alpha value is -2.89. The van der Waals surface area contributed by atoms with Crippen molar-refractivity contribution >= 4 is 11.9 Å². The standard InChI is InChI=1S/C15H21N5O2.C2HF3O2/c1-10-5-11(17-22-10)6-20-7-12(15(21)18(2)3)14-13(8-20)16-9-19(14)4;3-2(4,5)1(6)7/h5,9,12H,6-8H2,1-4H3;(H,6,7). The molecule has 3 rings (SSSR count). The lowest BCUT2D eigenvalue weighted by molar-refractivity contribution is -0.192. The molecule has 2 aromatic heterocycles. The first-order chi connectivity index (χ1) is 13.4. The fourth-order valence-corrected chi connectivity index (χ4v) is 3.03. The molecule has 12 heteroatoms. The van der Waals surface area contributed by atoms with E-state index in [-0.39, 0.29) is 11.8 Å². The van der Waals surface area contributed by atoms with E-state index in [1.165, 1.54) is 0 Å². The predicted molar refractivity (Wildman–Crippen MR) is 93.7 cm³/mol. The van der Waals surface area contributed by atoms with Gasteiger partial charge in [0.25, 0.3) is 0 Å². The van der Waals surface area contributed by atoms with E-state index in [1.807, 2.05) is 24.6 Å². The number of aryl methyl sites for hydroxylation is 2. The minimum Gasteiger partial charge on any atom is -0.475 e. The maximum atomic E-state index is 12.5. The van der Waals surface area contributed by atoms with Gasteiger partial charge >= 0.3 is 12.1 Å². The molecule has 0 aromatic carbocycles. The zero-order valence-corrected chi connectivity index (χ0v) is 16.4. The molecule has 0 fully saturated rings. The third-order valence-electron chi connectivity index (χ3n) is 4.25. The molecule has 160 valence electrons. The number of aliphatic carboxylic acids is 1. The van der Waals surface area contributed by atoms with Crippen molar-refractivity contribution in [3.05, 3.63) is 35.2 Å². The van der Waals surface area contributed by atoms with Crippen LogP contribution in [0.25, 0.3) is 0 Å². The number of carboxylic acid groups (broad SMARTS) is 1. The van der Waals surface area contributed by atoms with Crippen molar-refractivity contribution < 1.29 is 32.4 Å². The van der Waals surface area contributed by atoms with Gasteiger partial charge < -0.3 is 19.1 Å². The Kier molecular flexibility index (Phi) is 6.67. The number of hydrogen-bond acceptors (Lipinski definition) is 6. The molecule has 0 spiro atoms. The summed E-state index contributed by atoms with van der Waals surface area (Å²) in [6.45, 7) is 3.92. The lowest BCUT2D eigenvalue weighted by Gasteiger charge is -2.32. The Morgan fingerprint density at radius 3 is 2.48 bits per heavy atom. The summed E-state index contributed by atoms with van der Waals surface area (Å²) in [4.78, 5) is 29.7. The van der Waals surface area contributed by atoms with Gasteiger partial charge in [-0.3, -0.25) is 9.69 Å². The molecule has 1 N–H and O–H groups in total. The molecule has 0 saturated heterocycles. The highest BCUT2D eigenvalue weighted by atomic mass is 19.4. The number of aromatic nitrogens is 3. The number of nitrogens with zero attached hydrogens (tertiary/aromatic N) is 5. The maximum Gasteiger partial charge on any atom is 0.490 e. The first-order valence-corrected chi connectivity index (χ1v) is 8.56. The van der Waals surface area contributed by atoms with Crippen LogP contribution in [-0.2, 0) is 29.7 Å². The van der Waals surface area contributed by atoms with Crippen molar-refractivity contribution in [1.82, 2.24) is 24.5 Å². The van der Waals surface area contributed by atoms with E-state index >= 15 is 0 Å². The molecule has 9 nitrogen and oxygen atoms in total. The van der Waals surface area contributed by atoms with E-state index in [0.29, 0.717) is 13.1 Å². The number of carbonyl (C=O) groups excluding carboxylic acids is 1. The third kappa shape index (κ3) is 5.56. The van der Waals surface area contributed by atoms with Gasteiger partial charge in [0.05, 0.1) is 29.3 Å². The molecule has 0 radical (unpaired) electrons. The van der Waals surface area contributed by atoms with Crippen molar-refractivity contribution in [2.75, 3.05) is 20.6 Å². The normalized spacial score (nSPS) is 16.6. The first kappa shape index (κ1) is 22.4. The third-order valence-corrected chi connectivity index (χ3v) is 4.25. The van der Waals surface area contributed by atoms with Gasteiger partial charge in [0.1, 0.15) is 5.76 Å². The van der Waals surface area contributed by atoms with Crippen LogP contribution >= 0.6 is 0 Å². The first-order valence-electron chi connectivity index (χ1n) is 8.56. The van der Waals surface area contributed by atoms with Crippen LogP contribution in [0.4, 0.5) is 13.2 Å². The second kappa shape index (κ2) is 8.64. The van der Waals surface area contributed by atoms with Gasteiger partial charge in [-0.25, -0.2) is 9.78 Å². The smallest absolute Gasteiger partial charge is 0.475 e. The van der Waals surface area contributed by atoms with Gasteiger partial charge in [-0.1, -0.05) is 5.16 Å². The Balaban J connectivity index is 0.000000370. The summed E-state index contributed by atoms with van der Waals surface area (Å²) in [6.07, 6.45) is -3.30. The maximum absolute atomic E-state index is 12.5. The summed E-state index contributed by atoms with van der Waals surface area (Å²) >= 11 is 0. The minimum atomic E-state index is -5.08. The molecule has 0 saturated carbocycles. The average molecular weight is 417 g/mol. The van der Waals surface area contributed by atoms with Gasteiger partial charge in [0.2, 0.25) is 5.91 Å². The second-order valence-corrected chi connectivity index (χ2v) is 6.87. The van der Waals surface area contributed by atoms with Crippen molar-refractivity contribution in [1.29, 1.82) is 0 Å². The Morgan fingerprint density at radius 2 is 2.00 bits per heavy atom. The summed E-state index contributed by atoms with van der Waals surface area (Å²) in [7, 11) is 5.52. The van der Waals surface area contributed by atoms with E-state index in [1.54, 1.807) is 25.3 Å². The number of likely N-dealkylation sites (N-methyl/N-ethyl adjacent to an activating group) is 1. The number of alkyl halides is 3. The van der Waals surface area contributed by atoms with Gasteiger partial charge in [-0.15, -0.1) is 0 Å². The lowest BCUT2D eigenvalue weighted by Crippen LogP contribution is -2.41. The van der Waals surface area contributed by atoms with Crippen molar-refractivity contribution in [2.24, 2.45) is 7.05 Å². The number of fused-ring (bicyclic) bond motifs is 1. The van der Waals surface area contributed by atoms with Gasteiger partial charge in [-0.05, 0) is 6.92 Å². The highest BCUT2D eigenvalue weighted by Gasteiger charge is 2.38. The Morgan fingerprint density at radius 1 is 1.38 bits per heavy atom. The lowest BCUT2D eigenvalue weighted by atomic mass is 9.96. The zero-order valence-electron chi connectivity index (χ0n) is 16.4. The number of amides is 1. The summed E-state index contributed by atoms with van der Waals surface area (Å²) in [5.74, 6) is -2.05. The molecule has 3 heterocycles. The van der Waals surface area contributed by atoms with Gasteiger partial charge in [0, 0.05) is 46.8 Å². The van der Waals surface area contributed by atoms with Crippen LogP contribution in [0.15, 0.2) is 16.9 Å². The fraction of sp³-hybridized carbons (Fsp3) is 0.529. The van der Waals surface area contributed by atoms with E-state index in [4.69, 9.17) is 14.4 Å². The second-order valence-electron chi connectivity index (χ2n) is 6.87. The molecule has 2 aromatic rings. The van der Waals surface area contributed by atoms with E-state index < -0.39 is 12.1 Å². The average Bonchev–Trinajstić information content (AvgIpc) is 3.19. The summed E-state index contributed by atoms with van der Waals surface area (Å²) in [5, 5.41) is 11.2. The predicted octanol–water partition coefficient (Wildman–Crippen LogP) is 1.54. The summed E-state index contributed by atoms with van der Waals surface area (Å²) in [5.41, 5.74) is 2.87. The van der Waals surface area contributed by atoms with Crippen LogP contribution in [0.1, 0.15) is 28.8 Å². The van der Waals surface area contributed by atoms with Gasteiger partial charge in [-0.2, -0.15) is 13.2 Å². The number of carbonyl (C=O) groups is 2. The molecule has 1 aliphatic heterocycles. The molecular formula is C17H22F3N5O4. The number of rotatable bonds is 3. The minimum absolute atomic E-state index is 0.103. The topological polar surface area (TPSA) is 105 Å². The van der Waals surface area contributed by atoms with Crippen LogP contribution in [-0.4, -0.2) is 68.3 Å². The van der Waals surface area contributed by atoms with E-state index in [2.05, 4.69) is 15.0 Å². The van der Waals surface area contributed by atoms with Gasteiger partial charge in [0.15, 0.2) is 0 Å². The highest BCUT2D eigenvalue weighted by molar-refractivity contribution is 5.83. The number of halogens is 3. The van der Waals surface area contributed by atoms with Crippen LogP contribution in [0.2, 0.25) is 0 Å². The van der Waals surface area contributed by atoms with Crippen LogP contribution < -0.4 is 0 Å². The largest absolute Gasteiger partial charge is 0.490 e. The molecule has 1 amide bonds.